The van der Waals surface area contributed by atoms with Gasteiger partial charge in [0.05, 0.1) is 5.69 Å². The third-order valence-corrected chi connectivity index (χ3v) is 5.52. The number of aliphatic carboxylic acids is 1. The van der Waals surface area contributed by atoms with E-state index in [4.69, 9.17) is 9.26 Å². The lowest BCUT2D eigenvalue weighted by atomic mass is 9.73. The summed E-state index contributed by atoms with van der Waals surface area (Å²) in [5.74, 6) is -0.320. The van der Waals surface area contributed by atoms with Gasteiger partial charge in [-0.3, -0.25) is 9.59 Å². The van der Waals surface area contributed by atoms with Crippen molar-refractivity contribution in [3.63, 3.8) is 0 Å². The molecule has 0 radical (unpaired) electrons. The minimum atomic E-state index is -1.14. The predicted octanol–water partition coefficient (Wildman–Crippen LogP) is 2.25. The highest BCUT2D eigenvalue weighted by atomic mass is 16.5. The molecule has 0 bridgehead atoms. The summed E-state index contributed by atoms with van der Waals surface area (Å²) in [7, 11) is 0. The minimum Gasteiger partial charge on any atom is -0.492 e. The molecule has 1 N–H and O–H groups in total. The molecule has 1 amide bonds. The number of nitrogens with zero attached hydrogens (tertiary/aromatic N) is 2. The van der Waals surface area contributed by atoms with Crippen molar-refractivity contribution in [2.45, 2.75) is 26.2 Å². The second-order valence-electron chi connectivity index (χ2n) is 6.94. The lowest BCUT2D eigenvalue weighted by molar-refractivity contribution is -0.151. The number of aromatic nitrogens is 1. The number of benzene rings is 1. The second kappa shape index (κ2) is 5.86. The van der Waals surface area contributed by atoms with Crippen LogP contribution in [-0.4, -0.2) is 46.7 Å². The van der Waals surface area contributed by atoms with Crippen LogP contribution in [-0.2, 0) is 11.2 Å². The Balaban J connectivity index is 1.73. The molecule has 7 nitrogen and oxygen atoms in total. The number of carbonyl (C=O) groups excluding carboxylic acids is 1. The summed E-state index contributed by atoms with van der Waals surface area (Å²) in [6.45, 7) is 4.10. The Morgan fingerprint density at radius 2 is 2.15 bits per heavy atom. The molecule has 0 saturated carbocycles. The monoisotopic (exact) mass is 356 g/mol. The highest BCUT2D eigenvalue weighted by Gasteiger charge is 2.57. The molecule has 2 aliphatic heterocycles. The number of amides is 1. The molecule has 1 fully saturated rings. The summed E-state index contributed by atoms with van der Waals surface area (Å²) in [6.07, 6.45) is 0.575. The van der Waals surface area contributed by atoms with Crippen LogP contribution in [0.15, 0.2) is 28.8 Å². The molecule has 1 aromatic carbocycles. The quantitative estimate of drug-likeness (QED) is 0.907. The smallest absolute Gasteiger partial charge is 0.315 e. The predicted molar refractivity (Wildman–Crippen MR) is 91.3 cm³/mol. The second-order valence-corrected chi connectivity index (χ2v) is 6.94. The first kappa shape index (κ1) is 16.6. The number of carboxylic acids is 1. The van der Waals surface area contributed by atoms with Gasteiger partial charge in [-0.2, -0.15) is 0 Å². The number of likely N-dealkylation sites (tertiary alicyclic amines) is 1. The fourth-order valence-corrected chi connectivity index (χ4v) is 4.08. The molecule has 0 aliphatic carbocycles. The molecule has 2 aliphatic rings. The van der Waals surface area contributed by atoms with Crippen molar-refractivity contribution in [3.8, 4) is 5.75 Å². The lowest BCUT2D eigenvalue weighted by Gasteiger charge is -2.35. The molecule has 0 spiro atoms. The van der Waals surface area contributed by atoms with Crippen molar-refractivity contribution in [2.24, 2.45) is 5.41 Å². The normalized spacial score (nSPS) is 23.9. The molecule has 2 aromatic rings. The zero-order chi connectivity index (χ0) is 18.5. The third-order valence-electron chi connectivity index (χ3n) is 5.52. The van der Waals surface area contributed by atoms with Gasteiger partial charge in [-0.15, -0.1) is 0 Å². The first-order valence-corrected chi connectivity index (χ1v) is 8.67. The van der Waals surface area contributed by atoms with E-state index >= 15 is 0 Å². The first-order chi connectivity index (χ1) is 12.5. The van der Waals surface area contributed by atoms with Crippen molar-refractivity contribution in [1.29, 1.82) is 0 Å². The summed E-state index contributed by atoms with van der Waals surface area (Å²) in [4.78, 5) is 26.9. The molecular weight excluding hydrogens is 336 g/mol. The van der Waals surface area contributed by atoms with Crippen molar-refractivity contribution in [2.75, 3.05) is 19.7 Å². The van der Waals surface area contributed by atoms with Crippen LogP contribution >= 0.6 is 0 Å². The van der Waals surface area contributed by atoms with Crippen LogP contribution < -0.4 is 4.74 Å². The molecule has 7 heteroatoms. The molecule has 26 heavy (non-hydrogen) atoms. The van der Waals surface area contributed by atoms with Crippen molar-refractivity contribution in [1.82, 2.24) is 10.1 Å². The van der Waals surface area contributed by atoms with Crippen molar-refractivity contribution < 1.29 is 24.0 Å². The molecular formula is C19H20N2O5. The number of aryl methyl sites for hydroxylation is 2. The van der Waals surface area contributed by atoms with Crippen LogP contribution in [0.2, 0.25) is 0 Å². The minimum absolute atomic E-state index is 0.0526. The van der Waals surface area contributed by atoms with Gasteiger partial charge in [0.1, 0.15) is 29.1 Å². The van der Waals surface area contributed by atoms with E-state index in [-0.39, 0.29) is 25.0 Å². The van der Waals surface area contributed by atoms with Crippen LogP contribution in [0.5, 0.6) is 5.75 Å². The van der Waals surface area contributed by atoms with Gasteiger partial charge in [0.2, 0.25) is 0 Å². The summed E-state index contributed by atoms with van der Waals surface area (Å²) in [5, 5.41) is 13.9. The molecule has 1 saturated heterocycles. The molecule has 1 aromatic heterocycles. The lowest BCUT2D eigenvalue weighted by Crippen LogP contribution is -2.46. The average Bonchev–Trinajstić information content (AvgIpc) is 3.22. The van der Waals surface area contributed by atoms with E-state index in [0.717, 1.165) is 5.56 Å². The van der Waals surface area contributed by atoms with Gasteiger partial charge >= 0.3 is 5.97 Å². The van der Waals surface area contributed by atoms with Crippen LogP contribution in [0.3, 0.4) is 0 Å². The van der Waals surface area contributed by atoms with E-state index in [1.165, 1.54) is 0 Å². The largest absolute Gasteiger partial charge is 0.492 e. The third kappa shape index (κ3) is 2.23. The average molecular weight is 356 g/mol. The van der Waals surface area contributed by atoms with Crippen LogP contribution in [0, 0.1) is 12.3 Å². The summed E-state index contributed by atoms with van der Waals surface area (Å²) >= 11 is 0. The van der Waals surface area contributed by atoms with Gasteiger partial charge < -0.3 is 19.3 Å². The Bertz CT molecular complexity index is 890. The van der Waals surface area contributed by atoms with Gasteiger partial charge in [-0.25, -0.2) is 0 Å². The highest BCUT2D eigenvalue weighted by molar-refractivity contribution is 5.97. The van der Waals surface area contributed by atoms with Crippen LogP contribution in [0.25, 0.3) is 0 Å². The number of carboxylic acid groups (broad SMARTS) is 1. The maximum absolute atomic E-state index is 13.1. The summed E-state index contributed by atoms with van der Waals surface area (Å²) in [6, 6.07) is 7.44. The van der Waals surface area contributed by atoms with E-state index < -0.39 is 11.4 Å². The van der Waals surface area contributed by atoms with Gasteiger partial charge in [0, 0.05) is 24.6 Å². The highest BCUT2D eigenvalue weighted by Crippen LogP contribution is 2.50. The molecule has 2 atom stereocenters. The number of fused-ring (bicyclic) bond motifs is 3. The zero-order valence-electron chi connectivity index (χ0n) is 14.7. The summed E-state index contributed by atoms with van der Waals surface area (Å²) < 4.78 is 10.9. The maximum atomic E-state index is 13.1. The standard InChI is InChI=1S/C19H20N2O5/c1-3-14-16(11(2)26-20-14)17(22)21-8-13-12-6-4-5-7-15(12)25-10-19(13,9-21)18(23)24/h4-7,13H,3,8-10H2,1-2H3,(H,23,24)/t13-,19-/m1/s1. The van der Waals surface area contributed by atoms with Gasteiger partial charge in [0.15, 0.2) is 0 Å². The number of hydrogen-bond acceptors (Lipinski definition) is 5. The first-order valence-electron chi connectivity index (χ1n) is 8.67. The van der Waals surface area contributed by atoms with E-state index in [2.05, 4.69) is 5.16 Å². The Kier molecular flexibility index (Phi) is 3.75. The number of ether oxygens (including phenoxy) is 1. The van der Waals surface area contributed by atoms with Gasteiger partial charge in [0.25, 0.3) is 5.91 Å². The van der Waals surface area contributed by atoms with E-state index in [9.17, 15) is 14.7 Å². The molecule has 136 valence electrons. The van der Waals surface area contributed by atoms with E-state index in [1.54, 1.807) is 11.8 Å². The molecule has 0 unspecified atom stereocenters. The maximum Gasteiger partial charge on any atom is 0.315 e. The van der Waals surface area contributed by atoms with Gasteiger partial charge in [-0.05, 0) is 19.4 Å². The van der Waals surface area contributed by atoms with E-state index in [0.29, 0.717) is 35.7 Å². The number of para-hydroxylation sites is 1. The Labute approximate surface area is 150 Å². The Hall–Kier alpha value is -2.83. The fraction of sp³-hybridized carbons (Fsp3) is 0.421. The SMILES string of the molecule is CCc1noc(C)c1C(=O)N1C[C@@H]2c3ccccc3OC[C@]2(C(=O)O)C1. The van der Waals surface area contributed by atoms with Crippen LogP contribution in [0.4, 0.5) is 0 Å². The van der Waals surface area contributed by atoms with E-state index in [1.807, 2.05) is 31.2 Å². The Morgan fingerprint density at radius 1 is 1.38 bits per heavy atom. The van der Waals surface area contributed by atoms with Crippen molar-refractivity contribution in [3.05, 3.63) is 46.8 Å². The van der Waals surface area contributed by atoms with Gasteiger partial charge in [-0.1, -0.05) is 30.3 Å². The van der Waals surface area contributed by atoms with Crippen LogP contribution in [0.1, 0.15) is 40.2 Å². The molecule has 4 rings (SSSR count). The zero-order valence-corrected chi connectivity index (χ0v) is 14.7. The molecule has 3 heterocycles. The number of hydrogen-bond donors (Lipinski definition) is 1. The topological polar surface area (TPSA) is 92.9 Å². The van der Waals surface area contributed by atoms with Crippen molar-refractivity contribution >= 4 is 11.9 Å². The number of carbonyl (C=O) groups is 2. The Morgan fingerprint density at radius 3 is 2.88 bits per heavy atom. The summed E-state index contributed by atoms with van der Waals surface area (Å²) in [5.41, 5.74) is 0.750. The number of rotatable bonds is 3. The fourth-order valence-electron chi connectivity index (χ4n) is 4.08.